The number of phosphoric acid groups is 2. The molecule has 0 aliphatic rings. The van der Waals surface area contributed by atoms with E-state index < -0.39 is 22.3 Å². The highest BCUT2D eigenvalue weighted by Crippen LogP contribution is 2.50. The molecule has 0 fully saturated rings. The molecular formula is C50H81O7P2-3. The van der Waals surface area contributed by atoms with E-state index in [0.717, 1.165) is 108 Å². The van der Waals surface area contributed by atoms with E-state index in [1.54, 1.807) is 0 Å². The first-order valence-corrected chi connectivity index (χ1v) is 24.8. The molecule has 1 atom stereocenters. The summed E-state index contributed by atoms with van der Waals surface area (Å²) in [5.41, 5.74) is 13.9. The molecular weight excluding hydrogens is 774 g/mol. The maximum Gasteiger partial charge on any atom is 0.272 e. The van der Waals surface area contributed by atoms with Crippen LogP contribution in [0.25, 0.3) is 0 Å². The Hall–Kier alpha value is -2.34. The minimum absolute atomic E-state index is 0.391. The zero-order chi connectivity index (χ0) is 44.7. The third kappa shape index (κ3) is 38.3. The van der Waals surface area contributed by atoms with E-state index in [-0.39, 0.29) is 0 Å². The molecule has 0 spiro atoms. The molecule has 0 aromatic carbocycles. The van der Waals surface area contributed by atoms with E-state index in [0.29, 0.717) is 6.42 Å². The van der Waals surface area contributed by atoms with Crippen molar-refractivity contribution in [2.75, 3.05) is 6.61 Å². The van der Waals surface area contributed by atoms with Crippen LogP contribution in [-0.2, 0) is 18.0 Å². The molecule has 0 N–H and O–H groups in total. The summed E-state index contributed by atoms with van der Waals surface area (Å²) >= 11 is 0. The average Bonchev–Trinajstić information content (AvgIpc) is 3.10. The van der Waals surface area contributed by atoms with Gasteiger partial charge in [-0.05, 0) is 192 Å². The lowest BCUT2D eigenvalue weighted by atomic mass is 10.0. The number of allylic oxidation sites excluding steroid dienone is 19. The Kier molecular flexibility index (Phi) is 32.0. The molecule has 0 rings (SSSR count). The first-order valence-electron chi connectivity index (χ1n) is 21.9. The van der Waals surface area contributed by atoms with Gasteiger partial charge in [0.1, 0.15) is 0 Å². The van der Waals surface area contributed by atoms with E-state index in [2.05, 4.69) is 133 Å². The second-order valence-electron chi connectivity index (χ2n) is 16.9. The summed E-state index contributed by atoms with van der Waals surface area (Å²) in [6.07, 6.45) is 42.1. The van der Waals surface area contributed by atoms with Gasteiger partial charge in [0.05, 0.1) is 14.4 Å². The van der Waals surface area contributed by atoms with E-state index in [1.807, 2.05) is 6.92 Å². The fourth-order valence-electron chi connectivity index (χ4n) is 6.29. The first kappa shape index (κ1) is 56.7. The van der Waals surface area contributed by atoms with Crippen molar-refractivity contribution in [2.45, 2.75) is 192 Å². The fraction of sp³-hybridized carbons (Fsp3) is 0.600. The fourth-order valence-corrected chi connectivity index (χ4v) is 7.72. The molecule has 1 unspecified atom stereocenters. The van der Waals surface area contributed by atoms with Gasteiger partial charge >= 0.3 is 0 Å². The minimum atomic E-state index is -5.67. The van der Waals surface area contributed by atoms with Gasteiger partial charge in [0.2, 0.25) is 0 Å². The van der Waals surface area contributed by atoms with Crippen LogP contribution in [0.5, 0.6) is 0 Å². The van der Waals surface area contributed by atoms with Crippen molar-refractivity contribution in [1.29, 1.82) is 0 Å². The lowest BCUT2D eigenvalue weighted by Crippen LogP contribution is -2.19. The van der Waals surface area contributed by atoms with Gasteiger partial charge in [-0.2, -0.15) is 0 Å². The van der Waals surface area contributed by atoms with Crippen molar-refractivity contribution >= 4 is 15.6 Å². The predicted molar refractivity (Wildman–Crippen MR) is 249 cm³/mol. The SMILES string of the molecule is CC(C)=CCC/C(C)=C\CC/C(C)=C\CC/C(C)=C\CC/C(C)=C\CC/C(C)=C\CC/C(C)=C\CC/C(C)=C\CC/C(C)=C/CC/C(C)=C/COP(=O)([O-])OP(=O)([O-])[O-]. The van der Waals surface area contributed by atoms with Crippen molar-refractivity contribution in [2.24, 2.45) is 0 Å². The molecule has 0 bridgehead atoms. The molecule has 0 aliphatic heterocycles. The van der Waals surface area contributed by atoms with Crippen LogP contribution in [-0.4, -0.2) is 6.61 Å². The lowest BCUT2D eigenvalue weighted by Gasteiger charge is -2.34. The summed E-state index contributed by atoms with van der Waals surface area (Å²) in [5.74, 6) is 0. The molecule has 59 heavy (non-hydrogen) atoms. The summed E-state index contributed by atoms with van der Waals surface area (Å²) in [7, 11) is -10.9. The molecule has 0 aliphatic carbocycles. The van der Waals surface area contributed by atoms with Gasteiger partial charge < -0.3 is 23.8 Å². The van der Waals surface area contributed by atoms with E-state index in [1.165, 1.54) is 62.7 Å². The summed E-state index contributed by atoms with van der Waals surface area (Å²) in [6, 6.07) is 0. The van der Waals surface area contributed by atoms with E-state index in [4.69, 9.17) is 0 Å². The molecule has 0 heterocycles. The highest BCUT2D eigenvalue weighted by atomic mass is 31.3. The molecule has 9 heteroatoms. The number of hydrogen-bond acceptors (Lipinski definition) is 7. The maximum atomic E-state index is 11.3. The van der Waals surface area contributed by atoms with Crippen LogP contribution in [0, 0.1) is 0 Å². The standard InChI is InChI=1S/C50H84O7P2/c1-41(2)21-12-22-42(3)23-13-24-43(4)25-14-26-44(5)27-15-28-45(6)29-16-30-46(7)31-17-32-47(8)33-18-34-48(9)35-19-36-49(10)37-20-38-50(11)39-40-56-59(54,55)57-58(51,52)53/h21,23,25,27,29,31,33,35,37,39H,12-20,22,24,26,28,30,32,34,36,38,40H2,1-11H3,(H,54,55)(H2,51,52,53)/p-3/b42-23-,43-25-,44-27-,45-29-,46-31-,47-33-,48-35-,49-37+,50-39+. The first-order chi connectivity index (χ1) is 27.7. The highest BCUT2D eigenvalue weighted by Gasteiger charge is 2.10. The Bertz CT molecular complexity index is 1640. The normalized spacial score (nSPS) is 15.9. The Balaban J connectivity index is 4.30. The highest BCUT2D eigenvalue weighted by molar-refractivity contribution is 7.58. The summed E-state index contributed by atoms with van der Waals surface area (Å²) in [6.45, 7) is 23.7. The summed E-state index contributed by atoms with van der Waals surface area (Å²) in [5, 5.41) is 0. The van der Waals surface area contributed by atoms with E-state index >= 15 is 0 Å². The Labute approximate surface area is 361 Å². The van der Waals surface area contributed by atoms with Crippen LogP contribution in [0.15, 0.2) is 116 Å². The Morgan fingerprint density at radius 1 is 0.356 bits per heavy atom. The molecule has 0 aromatic heterocycles. The second-order valence-corrected chi connectivity index (χ2v) is 19.6. The molecule has 0 amide bonds. The van der Waals surface area contributed by atoms with Crippen LogP contribution in [0.2, 0.25) is 0 Å². The maximum absolute atomic E-state index is 11.3. The largest absolute Gasteiger partial charge is 0.790 e. The van der Waals surface area contributed by atoms with Gasteiger partial charge in [-0.25, -0.2) is 0 Å². The predicted octanol–water partition coefficient (Wildman–Crippen LogP) is 14.8. The van der Waals surface area contributed by atoms with Gasteiger partial charge in [-0.1, -0.05) is 116 Å². The van der Waals surface area contributed by atoms with Crippen molar-refractivity contribution in [3.63, 3.8) is 0 Å². The monoisotopic (exact) mass is 856 g/mol. The molecule has 336 valence electrons. The number of hydrogen-bond donors (Lipinski definition) is 0. The Morgan fingerprint density at radius 3 is 0.763 bits per heavy atom. The topological polar surface area (TPSA) is 122 Å². The zero-order valence-corrected chi connectivity index (χ0v) is 40.7. The second kappa shape index (κ2) is 33.3. The van der Waals surface area contributed by atoms with Gasteiger partial charge in [0.25, 0.3) is 7.82 Å². The molecule has 0 saturated heterocycles. The summed E-state index contributed by atoms with van der Waals surface area (Å²) < 4.78 is 29.6. The van der Waals surface area contributed by atoms with Crippen LogP contribution in [0.1, 0.15) is 192 Å². The van der Waals surface area contributed by atoms with Gasteiger partial charge in [-0.3, -0.25) is 8.88 Å². The smallest absolute Gasteiger partial charge is 0.272 e. The molecule has 0 radical (unpaired) electrons. The number of phosphoric ester groups is 1. The third-order valence-corrected chi connectivity index (χ3v) is 12.3. The number of rotatable bonds is 32. The van der Waals surface area contributed by atoms with Crippen molar-refractivity contribution in [3.8, 4) is 0 Å². The van der Waals surface area contributed by atoms with Crippen LogP contribution < -0.4 is 14.7 Å². The van der Waals surface area contributed by atoms with Gasteiger partial charge in [0, 0.05) is 0 Å². The van der Waals surface area contributed by atoms with Crippen LogP contribution in [0.3, 0.4) is 0 Å². The quantitative estimate of drug-likeness (QED) is 0.0488. The van der Waals surface area contributed by atoms with Gasteiger partial charge in [-0.15, -0.1) is 0 Å². The van der Waals surface area contributed by atoms with E-state index in [9.17, 15) is 23.8 Å². The lowest BCUT2D eigenvalue weighted by molar-refractivity contribution is -0.339. The van der Waals surface area contributed by atoms with Crippen LogP contribution >= 0.6 is 15.6 Å². The summed E-state index contributed by atoms with van der Waals surface area (Å²) in [4.78, 5) is 32.2. The molecule has 0 aromatic rings. The molecule has 0 saturated carbocycles. The van der Waals surface area contributed by atoms with Crippen molar-refractivity contribution in [3.05, 3.63) is 116 Å². The van der Waals surface area contributed by atoms with Gasteiger partial charge in [0.15, 0.2) is 0 Å². The zero-order valence-electron chi connectivity index (χ0n) is 39.0. The van der Waals surface area contributed by atoms with Crippen molar-refractivity contribution in [1.82, 2.24) is 0 Å². The van der Waals surface area contributed by atoms with Crippen LogP contribution in [0.4, 0.5) is 0 Å². The third-order valence-electron chi connectivity index (χ3n) is 10.2. The minimum Gasteiger partial charge on any atom is -0.790 e. The molecule has 7 nitrogen and oxygen atoms in total. The Morgan fingerprint density at radius 2 is 0.559 bits per heavy atom. The average molecular weight is 856 g/mol. The van der Waals surface area contributed by atoms with Crippen molar-refractivity contribution < 1.29 is 32.6 Å².